The summed E-state index contributed by atoms with van der Waals surface area (Å²) in [5, 5.41) is 0. The maximum Gasteiger partial charge on any atom is 0.332 e. The first-order valence-corrected chi connectivity index (χ1v) is 10.6. The van der Waals surface area contributed by atoms with Crippen molar-refractivity contribution in [1.29, 1.82) is 0 Å². The number of rotatable bonds is 4. The van der Waals surface area contributed by atoms with Crippen LogP contribution in [0.1, 0.15) is 12.0 Å². The van der Waals surface area contributed by atoms with Gasteiger partial charge in [-0.3, -0.25) is 13.9 Å². The lowest BCUT2D eigenvalue weighted by Gasteiger charge is -2.14. The maximum absolute atomic E-state index is 12.7. The molecule has 3 heterocycles. The molecular weight excluding hydrogens is 382 g/mol. The van der Waals surface area contributed by atoms with Crippen LogP contribution < -0.4 is 11.2 Å². The highest BCUT2D eigenvalue weighted by atomic mass is 32.2. The van der Waals surface area contributed by atoms with Gasteiger partial charge in [0.1, 0.15) is 4.38 Å². The highest BCUT2D eigenvalue weighted by Gasteiger charge is 2.15. The average molecular weight is 402 g/mol. The zero-order valence-corrected chi connectivity index (χ0v) is 16.7. The summed E-state index contributed by atoms with van der Waals surface area (Å²) in [6.07, 6.45) is 2.27. The van der Waals surface area contributed by atoms with Crippen molar-refractivity contribution in [1.82, 2.24) is 18.7 Å². The zero-order chi connectivity index (χ0) is 19.0. The second-order valence-electron chi connectivity index (χ2n) is 6.32. The van der Waals surface area contributed by atoms with Gasteiger partial charge in [0.05, 0.1) is 12.0 Å². The van der Waals surface area contributed by atoms with Gasteiger partial charge in [0.15, 0.2) is 11.2 Å². The average Bonchev–Trinajstić information content (AvgIpc) is 3.07. The Kier molecular flexibility index (Phi) is 4.96. The van der Waals surface area contributed by atoms with Crippen molar-refractivity contribution in [2.45, 2.75) is 18.7 Å². The number of hydrogen-bond donors (Lipinski definition) is 0. The molecule has 9 heteroatoms. The van der Waals surface area contributed by atoms with Crippen molar-refractivity contribution in [2.24, 2.45) is 19.1 Å². The minimum Gasteiger partial charge on any atom is -0.328 e. The van der Waals surface area contributed by atoms with Gasteiger partial charge >= 0.3 is 5.69 Å². The van der Waals surface area contributed by atoms with E-state index in [1.807, 2.05) is 18.2 Å². The largest absolute Gasteiger partial charge is 0.332 e. The Morgan fingerprint density at radius 1 is 1.22 bits per heavy atom. The molecule has 0 saturated heterocycles. The van der Waals surface area contributed by atoms with E-state index < -0.39 is 0 Å². The Labute approximate surface area is 164 Å². The van der Waals surface area contributed by atoms with Crippen LogP contribution in [-0.2, 0) is 26.4 Å². The Balaban J connectivity index is 1.46. The molecule has 0 unspecified atom stereocenters. The maximum atomic E-state index is 12.7. The summed E-state index contributed by atoms with van der Waals surface area (Å²) >= 11 is 3.41. The molecular formula is C18H19N5O2S2. The fraction of sp³-hybridized carbons (Fsp3) is 0.333. The molecule has 1 aliphatic heterocycles. The second kappa shape index (κ2) is 7.40. The number of fused-ring (bicyclic) bond motifs is 2. The monoisotopic (exact) mass is 401 g/mol. The van der Waals surface area contributed by atoms with E-state index in [0.717, 1.165) is 21.6 Å². The number of thioether (sulfide) groups is 2. The van der Waals surface area contributed by atoms with Crippen LogP contribution in [-0.4, -0.2) is 28.8 Å². The molecule has 0 saturated carbocycles. The van der Waals surface area contributed by atoms with Crippen molar-refractivity contribution >= 4 is 44.8 Å². The highest BCUT2D eigenvalue weighted by molar-refractivity contribution is 8.38. The summed E-state index contributed by atoms with van der Waals surface area (Å²) < 4.78 is 5.43. The van der Waals surface area contributed by atoms with Gasteiger partial charge in [-0.05, 0) is 18.1 Å². The molecule has 0 fully saturated rings. The molecule has 27 heavy (non-hydrogen) atoms. The second-order valence-corrected chi connectivity index (χ2v) is 8.63. The molecule has 2 aromatic heterocycles. The third-order valence-corrected chi connectivity index (χ3v) is 6.84. The van der Waals surface area contributed by atoms with Gasteiger partial charge in [-0.15, -0.1) is 0 Å². The van der Waals surface area contributed by atoms with Gasteiger partial charge in [0.25, 0.3) is 5.56 Å². The molecule has 0 N–H and O–H groups in total. The predicted octanol–water partition coefficient (Wildman–Crippen LogP) is 2.49. The molecule has 7 nitrogen and oxygen atoms in total. The Morgan fingerprint density at radius 2 is 2.04 bits per heavy atom. The van der Waals surface area contributed by atoms with Crippen molar-refractivity contribution in [3.8, 4) is 0 Å². The Morgan fingerprint density at radius 3 is 2.89 bits per heavy atom. The molecule has 0 aliphatic carbocycles. The van der Waals surface area contributed by atoms with Crippen LogP contribution in [0, 0.1) is 0 Å². The third kappa shape index (κ3) is 3.37. The van der Waals surface area contributed by atoms with E-state index in [1.54, 1.807) is 48.5 Å². The van der Waals surface area contributed by atoms with Crippen molar-refractivity contribution in [3.05, 3.63) is 57.0 Å². The summed E-state index contributed by atoms with van der Waals surface area (Å²) in [7, 11) is 3.41. The van der Waals surface area contributed by atoms with Gasteiger partial charge in [0.2, 0.25) is 0 Å². The molecule has 1 aromatic carbocycles. The van der Waals surface area contributed by atoms with E-state index in [9.17, 15) is 9.59 Å². The van der Waals surface area contributed by atoms with Crippen LogP contribution in [0.5, 0.6) is 0 Å². The topological polar surface area (TPSA) is 74.2 Å². The van der Waals surface area contributed by atoms with Gasteiger partial charge in [-0.25, -0.2) is 14.8 Å². The summed E-state index contributed by atoms with van der Waals surface area (Å²) in [5.74, 6) is 1.73. The number of para-hydroxylation sites is 1. The minimum absolute atomic E-state index is 0.281. The lowest BCUT2D eigenvalue weighted by molar-refractivity contribution is 0.594. The number of aromatic nitrogens is 4. The smallest absolute Gasteiger partial charge is 0.328 e. The molecule has 0 bridgehead atoms. The van der Waals surface area contributed by atoms with Crippen LogP contribution >= 0.6 is 23.5 Å². The first-order valence-electron chi connectivity index (χ1n) is 8.59. The fourth-order valence-corrected chi connectivity index (χ4v) is 5.12. The van der Waals surface area contributed by atoms with Crippen molar-refractivity contribution in [2.75, 3.05) is 5.75 Å². The lowest BCUT2D eigenvalue weighted by atomic mass is 10.2. The quantitative estimate of drug-likeness (QED) is 0.628. The van der Waals surface area contributed by atoms with E-state index in [0.29, 0.717) is 24.1 Å². The molecule has 0 spiro atoms. The van der Waals surface area contributed by atoms with E-state index in [-0.39, 0.29) is 11.2 Å². The van der Waals surface area contributed by atoms with Gasteiger partial charge in [0, 0.05) is 32.1 Å². The standard InChI is InChI=1S/C18H19N5O2S2/c1-21-11-19-15-14(21)16(24)23(18(25)22(15)2)8-5-9-26-17-20-13-7-4-3-6-12(13)10-27-17/h3-4,6-7,11H,5,8-10H2,1-2H3. The molecule has 1 aliphatic rings. The normalized spacial score (nSPS) is 13.6. The van der Waals surface area contributed by atoms with Gasteiger partial charge in [-0.1, -0.05) is 41.7 Å². The fourth-order valence-electron chi connectivity index (χ4n) is 3.06. The number of imidazole rings is 1. The SMILES string of the molecule is Cn1cnc2c1c(=O)n(CCCSC1=Nc3ccccc3CS1)c(=O)n2C. The van der Waals surface area contributed by atoms with E-state index in [2.05, 4.69) is 16.0 Å². The minimum atomic E-state index is -0.325. The molecule has 0 amide bonds. The van der Waals surface area contributed by atoms with Crippen LogP contribution in [0.3, 0.4) is 0 Å². The van der Waals surface area contributed by atoms with Crippen molar-refractivity contribution in [3.63, 3.8) is 0 Å². The van der Waals surface area contributed by atoms with Crippen LogP contribution in [0.25, 0.3) is 11.2 Å². The summed E-state index contributed by atoms with van der Waals surface area (Å²) in [4.78, 5) is 34.0. The summed E-state index contributed by atoms with van der Waals surface area (Å²) in [5.41, 5.74) is 2.56. The summed E-state index contributed by atoms with van der Waals surface area (Å²) in [6.45, 7) is 0.383. The number of nitrogens with zero attached hydrogens (tertiary/aromatic N) is 5. The molecule has 4 rings (SSSR count). The van der Waals surface area contributed by atoms with E-state index >= 15 is 0 Å². The van der Waals surface area contributed by atoms with E-state index in [1.165, 1.54) is 14.7 Å². The first-order chi connectivity index (χ1) is 13.1. The highest BCUT2D eigenvalue weighted by Crippen LogP contribution is 2.34. The zero-order valence-electron chi connectivity index (χ0n) is 15.1. The number of aliphatic imine (C=N–C) groups is 1. The molecule has 3 aromatic rings. The number of hydrogen-bond acceptors (Lipinski definition) is 6. The predicted molar refractivity (Wildman–Crippen MR) is 112 cm³/mol. The third-order valence-electron chi connectivity index (χ3n) is 4.51. The lowest BCUT2D eigenvalue weighted by Crippen LogP contribution is -2.39. The number of aryl methyl sites for hydroxylation is 2. The first kappa shape index (κ1) is 18.1. The van der Waals surface area contributed by atoms with Gasteiger partial charge in [-0.2, -0.15) is 0 Å². The molecule has 0 radical (unpaired) electrons. The number of benzene rings is 1. The summed E-state index contributed by atoms with van der Waals surface area (Å²) in [6, 6.07) is 8.16. The Hall–Kier alpha value is -2.26. The van der Waals surface area contributed by atoms with Gasteiger partial charge < -0.3 is 4.57 Å². The van der Waals surface area contributed by atoms with E-state index in [4.69, 9.17) is 0 Å². The van der Waals surface area contributed by atoms with Crippen LogP contribution in [0.2, 0.25) is 0 Å². The van der Waals surface area contributed by atoms with Crippen LogP contribution in [0.15, 0.2) is 45.2 Å². The molecule has 0 atom stereocenters. The van der Waals surface area contributed by atoms with Crippen LogP contribution in [0.4, 0.5) is 5.69 Å². The Bertz CT molecular complexity index is 1160. The van der Waals surface area contributed by atoms with Crippen molar-refractivity contribution < 1.29 is 0 Å². The molecule has 140 valence electrons.